The fourth-order valence-corrected chi connectivity index (χ4v) is 2.71. The average Bonchev–Trinajstić information content (AvgIpc) is 2.85. The van der Waals surface area contributed by atoms with E-state index in [1.165, 1.54) is 0 Å². The van der Waals surface area contributed by atoms with Gasteiger partial charge in [-0.05, 0) is 11.6 Å². The Morgan fingerprint density at radius 1 is 1.19 bits per heavy atom. The van der Waals surface area contributed by atoms with Gasteiger partial charge in [-0.25, -0.2) is 0 Å². The smallest absolute Gasteiger partial charge is 0.133 e. The van der Waals surface area contributed by atoms with Crippen molar-refractivity contribution >= 4 is 11.5 Å². The predicted octanol–water partition coefficient (Wildman–Crippen LogP) is 1.83. The quantitative estimate of drug-likeness (QED) is 0.932. The van der Waals surface area contributed by atoms with E-state index in [9.17, 15) is 5.26 Å². The Labute approximate surface area is 124 Å². The van der Waals surface area contributed by atoms with Crippen molar-refractivity contribution in [3.63, 3.8) is 0 Å². The summed E-state index contributed by atoms with van der Waals surface area (Å²) in [6.07, 6.45) is 0. The number of hydrogen-bond donors (Lipinski definition) is 1. The topological polar surface area (TPSA) is 67.2 Å². The first-order valence-electron chi connectivity index (χ1n) is 7.05. The standard InChI is InChI=1S/C16H18N4O/c17-11-14-10-15(18)16(19-6-8-21-9-7-19)20(14)12-13-4-2-1-3-5-13/h1-5,10H,6-9,12,18H2. The predicted molar refractivity (Wildman–Crippen MR) is 82.1 cm³/mol. The van der Waals surface area contributed by atoms with Gasteiger partial charge in [-0.1, -0.05) is 30.3 Å². The van der Waals surface area contributed by atoms with E-state index in [4.69, 9.17) is 10.5 Å². The molecule has 1 aliphatic heterocycles. The molecule has 0 saturated carbocycles. The van der Waals surface area contributed by atoms with E-state index >= 15 is 0 Å². The van der Waals surface area contributed by atoms with E-state index in [-0.39, 0.29) is 0 Å². The second-order valence-electron chi connectivity index (χ2n) is 5.09. The summed E-state index contributed by atoms with van der Waals surface area (Å²) < 4.78 is 7.39. The molecule has 3 rings (SSSR count). The summed E-state index contributed by atoms with van der Waals surface area (Å²) in [5, 5.41) is 9.36. The third-order valence-electron chi connectivity index (χ3n) is 3.71. The highest BCUT2D eigenvalue weighted by molar-refractivity contribution is 5.68. The van der Waals surface area contributed by atoms with Crippen LogP contribution in [-0.4, -0.2) is 30.9 Å². The molecule has 0 atom stereocenters. The Hall–Kier alpha value is -2.45. The summed E-state index contributed by atoms with van der Waals surface area (Å²) in [4.78, 5) is 2.20. The second-order valence-corrected chi connectivity index (χ2v) is 5.09. The van der Waals surface area contributed by atoms with Crippen LogP contribution in [-0.2, 0) is 11.3 Å². The van der Waals surface area contributed by atoms with Crippen LogP contribution in [0.4, 0.5) is 11.5 Å². The molecule has 108 valence electrons. The molecule has 0 bridgehead atoms. The number of nitriles is 1. The maximum absolute atomic E-state index is 9.36. The minimum Gasteiger partial charge on any atom is -0.396 e. The largest absolute Gasteiger partial charge is 0.396 e. The lowest BCUT2D eigenvalue weighted by atomic mass is 10.2. The van der Waals surface area contributed by atoms with E-state index in [1.807, 2.05) is 22.8 Å². The molecule has 0 radical (unpaired) electrons. The summed E-state index contributed by atoms with van der Waals surface area (Å²) in [5.74, 6) is 0.929. The first-order valence-corrected chi connectivity index (χ1v) is 7.05. The van der Waals surface area contributed by atoms with Gasteiger partial charge in [0.25, 0.3) is 0 Å². The summed E-state index contributed by atoms with van der Waals surface area (Å²) in [6.45, 7) is 3.63. The number of nitrogens with two attached hydrogens (primary N) is 1. The average molecular weight is 282 g/mol. The van der Waals surface area contributed by atoms with Gasteiger partial charge in [0.2, 0.25) is 0 Å². The van der Waals surface area contributed by atoms with E-state index in [0.29, 0.717) is 31.1 Å². The van der Waals surface area contributed by atoms with Gasteiger partial charge in [0.15, 0.2) is 0 Å². The van der Waals surface area contributed by atoms with Gasteiger partial charge in [-0.2, -0.15) is 5.26 Å². The molecule has 1 aliphatic rings. The fraction of sp³-hybridized carbons (Fsp3) is 0.312. The van der Waals surface area contributed by atoms with E-state index < -0.39 is 0 Å². The van der Waals surface area contributed by atoms with Crippen LogP contribution < -0.4 is 10.6 Å². The summed E-state index contributed by atoms with van der Waals surface area (Å²) >= 11 is 0. The van der Waals surface area contributed by atoms with Crippen LogP contribution in [0.1, 0.15) is 11.3 Å². The van der Waals surface area contributed by atoms with E-state index in [0.717, 1.165) is 24.5 Å². The molecule has 2 aromatic rings. The van der Waals surface area contributed by atoms with Gasteiger partial charge in [0.05, 0.1) is 25.4 Å². The van der Waals surface area contributed by atoms with Crippen molar-refractivity contribution in [1.29, 1.82) is 5.26 Å². The zero-order valence-electron chi connectivity index (χ0n) is 11.8. The number of morpholine rings is 1. The number of benzene rings is 1. The minimum absolute atomic E-state index is 0.595. The molecule has 2 heterocycles. The monoisotopic (exact) mass is 282 g/mol. The lowest BCUT2D eigenvalue weighted by Crippen LogP contribution is -2.38. The minimum atomic E-state index is 0.595. The van der Waals surface area contributed by atoms with Gasteiger partial charge in [-0.15, -0.1) is 0 Å². The van der Waals surface area contributed by atoms with Crippen molar-refractivity contribution in [1.82, 2.24) is 4.57 Å². The van der Waals surface area contributed by atoms with Crippen LogP contribution in [0, 0.1) is 11.3 Å². The molecule has 0 amide bonds. The molecule has 0 spiro atoms. The Balaban J connectivity index is 1.99. The van der Waals surface area contributed by atoms with Crippen molar-refractivity contribution in [3.05, 3.63) is 47.7 Å². The third-order valence-corrected chi connectivity index (χ3v) is 3.71. The van der Waals surface area contributed by atoms with Gasteiger partial charge in [0, 0.05) is 13.1 Å². The maximum atomic E-state index is 9.36. The van der Waals surface area contributed by atoms with E-state index in [2.05, 4.69) is 23.1 Å². The summed E-state index contributed by atoms with van der Waals surface area (Å²) in [6, 6.07) is 14.1. The number of anilines is 2. The first-order chi connectivity index (χ1) is 10.3. The van der Waals surface area contributed by atoms with Crippen molar-refractivity contribution in [2.24, 2.45) is 0 Å². The van der Waals surface area contributed by atoms with Crippen LogP contribution in [0.5, 0.6) is 0 Å². The Kier molecular flexibility index (Phi) is 3.80. The molecule has 0 unspecified atom stereocenters. The Morgan fingerprint density at radius 2 is 1.90 bits per heavy atom. The van der Waals surface area contributed by atoms with Gasteiger partial charge < -0.3 is 19.9 Å². The zero-order valence-corrected chi connectivity index (χ0v) is 11.8. The number of nitrogens with zero attached hydrogens (tertiary/aromatic N) is 3. The number of nitrogen functional groups attached to an aromatic ring is 1. The van der Waals surface area contributed by atoms with Crippen molar-refractivity contribution < 1.29 is 4.74 Å². The normalized spacial score (nSPS) is 14.9. The molecule has 5 nitrogen and oxygen atoms in total. The molecule has 2 N–H and O–H groups in total. The number of rotatable bonds is 3. The van der Waals surface area contributed by atoms with Gasteiger partial charge in [0.1, 0.15) is 17.6 Å². The van der Waals surface area contributed by atoms with Crippen LogP contribution in [0.3, 0.4) is 0 Å². The van der Waals surface area contributed by atoms with Crippen molar-refractivity contribution in [2.45, 2.75) is 6.54 Å². The highest BCUT2D eigenvalue weighted by atomic mass is 16.5. The molecule has 1 saturated heterocycles. The van der Waals surface area contributed by atoms with Crippen LogP contribution in [0.2, 0.25) is 0 Å². The number of ether oxygens (including phenoxy) is 1. The number of hydrogen-bond acceptors (Lipinski definition) is 4. The second kappa shape index (κ2) is 5.90. The summed E-state index contributed by atoms with van der Waals surface area (Å²) in [5.41, 5.74) is 8.55. The first kappa shape index (κ1) is 13.5. The van der Waals surface area contributed by atoms with Crippen molar-refractivity contribution in [3.8, 4) is 6.07 Å². The molecule has 1 aromatic carbocycles. The molecule has 5 heteroatoms. The molecular weight excluding hydrogens is 264 g/mol. The zero-order chi connectivity index (χ0) is 14.7. The van der Waals surface area contributed by atoms with Gasteiger partial charge in [-0.3, -0.25) is 0 Å². The highest BCUT2D eigenvalue weighted by Crippen LogP contribution is 2.29. The SMILES string of the molecule is N#Cc1cc(N)c(N2CCOCC2)n1Cc1ccccc1. The Bertz CT molecular complexity index is 651. The van der Waals surface area contributed by atoms with Crippen molar-refractivity contribution in [2.75, 3.05) is 36.9 Å². The fourth-order valence-electron chi connectivity index (χ4n) is 2.71. The molecule has 21 heavy (non-hydrogen) atoms. The van der Waals surface area contributed by atoms with Crippen LogP contribution in [0.15, 0.2) is 36.4 Å². The lowest BCUT2D eigenvalue weighted by Gasteiger charge is -2.30. The highest BCUT2D eigenvalue weighted by Gasteiger charge is 2.21. The molecule has 1 fully saturated rings. The lowest BCUT2D eigenvalue weighted by molar-refractivity contribution is 0.122. The molecule has 0 aliphatic carbocycles. The van der Waals surface area contributed by atoms with Crippen LogP contribution in [0.25, 0.3) is 0 Å². The molecule has 1 aromatic heterocycles. The number of aromatic nitrogens is 1. The van der Waals surface area contributed by atoms with Crippen LogP contribution >= 0.6 is 0 Å². The third kappa shape index (κ3) is 2.71. The molecular formula is C16H18N4O. The maximum Gasteiger partial charge on any atom is 0.133 e. The van der Waals surface area contributed by atoms with Gasteiger partial charge >= 0.3 is 0 Å². The van der Waals surface area contributed by atoms with E-state index in [1.54, 1.807) is 6.07 Å². The Morgan fingerprint density at radius 3 is 2.57 bits per heavy atom. The summed E-state index contributed by atoms with van der Waals surface area (Å²) in [7, 11) is 0.